The summed E-state index contributed by atoms with van der Waals surface area (Å²) < 4.78 is 5.08. The molecule has 74 valence electrons. The van der Waals surface area contributed by atoms with Gasteiger partial charge in [-0.1, -0.05) is 0 Å². The van der Waals surface area contributed by atoms with Gasteiger partial charge in [0.05, 0.1) is 7.11 Å². The first-order valence-electron chi connectivity index (χ1n) is 4.55. The molecule has 2 rings (SSSR count). The summed E-state index contributed by atoms with van der Waals surface area (Å²) in [6.07, 6.45) is 0.963. The van der Waals surface area contributed by atoms with Gasteiger partial charge in [0.15, 0.2) is 5.69 Å². The van der Waals surface area contributed by atoms with Crippen molar-refractivity contribution in [3.8, 4) is 5.75 Å². The number of rotatable bonds is 2. The van der Waals surface area contributed by atoms with Crippen molar-refractivity contribution in [2.75, 3.05) is 12.4 Å². The van der Waals surface area contributed by atoms with E-state index in [2.05, 4.69) is 17.4 Å². The largest absolute Gasteiger partial charge is 0.494 e. The highest BCUT2D eigenvalue weighted by Crippen LogP contribution is 2.37. The van der Waals surface area contributed by atoms with Gasteiger partial charge in [0.1, 0.15) is 5.75 Å². The molecule has 0 radical (unpaired) electrons. The monoisotopic (exact) mass is 192 g/mol. The van der Waals surface area contributed by atoms with Crippen LogP contribution < -0.4 is 10.1 Å². The molecule has 0 aromatic heterocycles. The molecule has 1 heterocycles. The van der Waals surface area contributed by atoms with E-state index >= 15 is 0 Å². The van der Waals surface area contributed by atoms with Crippen LogP contribution in [-0.2, 0) is 6.42 Å². The van der Waals surface area contributed by atoms with Gasteiger partial charge in [-0.2, -0.15) is 0 Å². The van der Waals surface area contributed by atoms with Crippen LogP contribution in [0, 0.1) is 4.91 Å². The summed E-state index contributed by atoms with van der Waals surface area (Å²) in [6.45, 7) is 2.10. The molecule has 0 bridgehead atoms. The van der Waals surface area contributed by atoms with Crippen molar-refractivity contribution < 1.29 is 4.74 Å². The van der Waals surface area contributed by atoms with Crippen molar-refractivity contribution in [3.05, 3.63) is 22.6 Å². The summed E-state index contributed by atoms with van der Waals surface area (Å²) in [5, 5.41) is 6.20. The topological polar surface area (TPSA) is 50.7 Å². The van der Waals surface area contributed by atoms with E-state index in [9.17, 15) is 4.91 Å². The molecule has 1 unspecified atom stereocenters. The maximum absolute atomic E-state index is 10.5. The van der Waals surface area contributed by atoms with Crippen LogP contribution in [0.4, 0.5) is 11.4 Å². The lowest BCUT2D eigenvalue weighted by Crippen LogP contribution is -2.08. The predicted octanol–water partition coefficient (Wildman–Crippen LogP) is 2.45. The fourth-order valence-electron chi connectivity index (χ4n) is 1.79. The maximum Gasteiger partial charge on any atom is 0.151 e. The molecule has 0 saturated heterocycles. The zero-order chi connectivity index (χ0) is 10.1. The normalized spacial score (nSPS) is 18.6. The number of nitroso groups, excluding NO2 is 1. The first-order valence-corrected chi connectivity index (χ1v) is 4.55. The maximum atomic E-state index is 10.5. The Morgan fingerprint density at radius 1 is 1.57 bits per heavy atom. The Hall–Kier alpha value is -1.58. The second-order valence-electron chi connectivity index (χ2n) is 3.52. The highest BCUT2D eigenvalue weighted by atomic mass is 16.5. The van der Waals surface area contributed by atoms with Crippen molar-refractivity contribution in [2.24, 2.45) is 5.18 Å². The minimum Gasteiger partial charge on any atom is -0.494 e. The van der Waals surface area contributed by atoms with Crippen LogP contribution in [0.2, 0.25) is 0 Å². The van der Waals surface area contributed by atoms with Gasteiger partial charge in [0, 0.05) is 11.7 Å². The molecule has 4 nitrogen and oxygen atoms in total. The van der Waals surface area contributed by atoms with Crippen LogP contribution in [-0.4, -0.2) is 13.2 Å². The predicted molar refractivity (Wildman–Crippen MR) is 55.2 cm³/mol. The Kier molecular flexibility index (Phi) is 2.11. The number of hydrogen-bond acceptors (Lipinski definition) is 4. The number of hydrogen-bond donors (Lipinski definition) is 1. The molecule has 0 amide bonds. The zero-order valence-electron chi connectivity index (χ0n) is 8.20. The smallest absolute Gasteiger partial charge is 0.151 e. The molecule has 0 saturated carbocycles. The second-order valence-corrected chi connectivity index (χ2v) is 3.52. The van der Waals surface area contributed by atoms with Gasteiger partial charge in [0.25, 0.3) is 0 Å². The molecule has 14 heavy (non-hydrogen) atoms. The summed E-state index contributed by atoms with van der Waals surface area (Å²) in [6, 6.07) is 4.03. The van der Waals surface area contributed by atoms with E-state index in [1.54, 1.807) is 13.2 Å². The third-order valence-corrected chi connectivity index (χ3v) is 2.43. The van der Waals surface area contributed by atoms with Gasteiger partial charge in [-0.15, -0.1) is 4.91 Å². The van der Waals surface area contributed by atoms with Crippen molar-refractivity contribution in [2.45, 2.75) is 19.4 Å². The van der Waals surface area contributed by atoms with E-state index in [1.807, 2.05) is 6.07 Å². The Morgan fingerprint density at radius 3 is 3.00 bits per heavy atom. The number of anilines is 1. The first kappa shape index (κ1) is 8.99. The van der Waals surface area contributed by atoms with Crippen molar-refractivity contribution in [1.29, 1.82) is 0 Å². The molecule has 1 aliphatic rings. The number of ether oxygens (including phenoxy) is 1. The lowest BCUT2D eigenvalue weighted by atomic mass is 10.1. The summed E-state index contributed by atoms with van der Waals surface area (Å²) in [5.74, 6) is 0.551. The molecule has 0 spiro atoms. The van der Waals surface area contributed by atoms with Gasteiger partial charge in [-0.3, -0.25) is 0 Å². The van der Waals surface area contributed by atoms with Crippen molar-refractivity contribution >= 4 is 11.4 Å². The molecule has 0 fully saturated rings. The lowest BCUT2D eigenvalue weighted by molar-refractivity contribution is 0.416. The van der Waals surface area contributed by atoms with Gasteiger partial charge < -0.3 is 10.1 Å². The summed E-state index contributed by atoms with van der Waals surface area (Å²) in [7, 11) is 1.54. The molecule has 1 atom stereocenters. The highest BCUT2D eigenvalue weighted by Gasteiger charge is 2.19. The summed E-state index contributed by atoms with van der Waals surface area (Å²) >= 11 is 0. The molecular formula is C10H12N2O2. The van der Waals surface area contributed by atoms with E-state index in [-0.39, 0.29) is 0 Å². The zero-order valence-corrected chi connectivity index (χ0v) is 8.20. The van der Waals surface area contributed by atoms with Crippen LogP contribution in [0.3, 0.4) is 0 Å². The molecule has 4 heteroatoms. The van der Waals surface area contributed by atoms with E-state index < -0.39 is 0 Å². The average Bonchev–Trinajstić information content (AvgIpc) is 2.54. The Balaban J connectivity index is 2.48. The van der Waals surface area contributed by atoms with Crippen molar-refractivity contribution in [1.82, 2.24) is 0 Å². The molecule has 1 aromatic rings. The number of nitrogens with one attached hydrogen (secondary N) is 1. The lowest BCUT2D eigenvalue weighted by Gasteiger charge is -2.05. The molecule has 1 aromatic carbocycles. The number of methoxy groups -OCH3 is 1. The first-order chi connectivity index (χ1) is 6.74. The van der Waals surface area contributed by atoms with E-state index in [0.29, 0.717) is 17.5 Å². The minimum absolute atomic E-state index is 0.354. The fourth-order valence-corrected chi connectivity index (χ4v) is 1.79. The van der Waals surface area contributed by atoms with Crippen LogP contribution in [0.25, 0.3) is 0 Å². The van der Waals surface area contributed by atoms with Crippen LogP contribution in [0.15, 0.2) is 17.3 Å². The third kappa shape index (κ3) is 1.32. The van der Waals surface area contributed by atoms with Crippen LogP contribution in [0.5, 0.6) is 5.75 Å². The van der Waals surface area contributed by atoms with Gasteiger partial charge in [-0.25, -0.2) is 0 Å². The van der Waals surface area contributed by atoms with Gasteiger partial charge >= 0.3 is 0 Å². The van der Waals surface area contributed by atoms with E-state index in [0.717, 1.165) is 12.1 Å². The Labute approximate surface area is 82.2 Å². The molecule has 0 aliphatic carbocycles. The number of nitrogens with zero attached hydrogens (tertiary/aromatic N) is 1. The standard InChI is InChI=1S/C10H12N2O2/c1-6-3-7-4-10(14-2)9(12-13)5-8(7)11-6/h4-6,11H,3H2,1-2H3. The Morgan fingerprint density at radius 2 is 2.36 bits per heavy atom. The number of fused-ring (bicyclic) bond motifs is 1. The molecule has 1 aliphatic heterocycles. The minimum atomic E-state index is 0.354. The van der Waals surface area contributed by atoms with Gasteiger partial charge in [-0.05, 0) is 36.2 Å². The molecule has 1 N–H and O–H groups in total. The van der Waals surface area contributed by atoms with Crippen LogP contribution >= 0.6 is 0 Å². The Bertz CT molecular complexity index is 377. The second kappa shape index (κ2) is 3.29. The summed E-state index contributed by atoms with van der Waals surface area (Å²) in [4.78, 5) is 10.5. The fraction of sp³-hybridized carbons (Fsp3) is 0.400. The highest BCUT2D eigenvalue weighted by molar-refractivity contribution is 5.68. The third-order valence-electron chi connectivity index (χ3n) is 2.43. The van der Waals surface area contributed by atoms with Crippen molar-refractivity contribution in [3.63, 3.8) is 0 Å². The molecular weight excluding hydrogens is 180 g/mol. The van der Waals surface area contributed by atoms with Crippen LogP contribution in [0.1, 0.15) is 12.5 Å². The quantitative estimate of drug-likeness (QED) is 0.732. The SMILES string of the molecule is COc1cc2c(cc1N=O)NC(C)C2. The summed E-state index contributed by atoms with van der Waals surface area (Å²) in [5.41, 5.74) is 2.53. The average molecular weight is 192 g/mol. The van der Waals surface area contributed by atoms with E-state index in [4.69, 9.17) is 4.74 Å². The van der Waals surface area contributed by atoms with E-state index in [1.165, 1.54) is 5.56 Å². The van der Waals surface area contributed by atoms with Gasteiger partial charge in [0.2, 0.25) is 0 Å². The number of benzene rings is 1.